The van der Waals surface area contributed by atoms with E-state index in [1.807, 2.05) is 30.3 Å². The lowest BCUT2D eigenvalue weighted by atomic mass is 9.68. The summed E-state index contributed by atoms with van der Waals surface area (Å²) in [7, 11) is -3.46. The number of hydrogen-bond donors (Lipinski definition) is 0. The van der Waals surface area contributed by atoms with Gasteiger partial charge in [0.15, 0.2) is 5.79 Å². The highest BCUT2D eigenvalue weighted by Crippen LogP contribution is 2.46. The Morgan fingerprint density at radius 3 is 2.18 bits per heavy atom. The molecular weight excluding hydrogens is 304 g/mol. The lowest BCUT2D eigenvalue weighted by molar-refractivity contribution is -0.186. The largest absolute Gasteiger partial charge is 0.348 e. The van der Waals surface area contributed by atoms with Crippen LogP contribution in [-0.4, -0.2) is 40.3 Å². The highest BCUT2D eigenvalue weighted by atomic mass is 32.2. The minimum atomic E-state index is -3.46. The number of hydrogen-bond acceptors (Lipinski definition) is 5. The second-order valence-corrected chi connectivity index (χ2v) is 7.86. The predicted molar refractivity (Wildman–Crippen MR) is 82.0 cm³/mol. The maximum absolute atomic E-state index is 11.4. The third-order valence-corrected chi connectivity index (χ3v) is 5.26. The fourth-order valence-electron chi connectivity index (χ4n) is 3.42. The summed E-state index contributed by atoms with van der Waals surface area (Å²) in [4.78, 5) is 0. The first kappa shape index (κ1) is 15.9. The molecular formula is C16H22O5S. The zero-order chi connectivity index (χ0) is 15.7. The quantitative estimate of drug-likeness (QED) is 0.794. The second-order valence-electron chi connectivity index (χ2n) is 6.22. The minimum absolute atomic E-state index is 0.173. The molecule has 0 amide bonds. The Kier molecular flexibility index (Phi) is 4.29. The standard InChI is InChI=1S/C16H22O5S/c1-22(17,18)21-13-15(14-5-3-2-4-6-14)7-9-16(10-8-15)19-11-12-20-16/h2-6H,7-13H2,1H3. The van der Waals surface area contributed by atoms with Crippen LogP contribution in [0.4, 0.5) is 0 Å². The number of ether oxygens (including phenoxy) is 2. The summed E-state index contributed by atoms with van der Waals surface area (Å²) in [6, 6.07) is 10.00. The maximum Gasteiger partial charge on any atom is 0.264 e. The molecule has 22 heavy (non-hydrogen) atoms. The van der Waals surface area contributed by atoms with Crippen molar-refractivity contribution in [2.45, 2.75) is 36.9 Å². The van der Waals surface area contributed by atoms with Gasteiger partial charge in [-0.1, -0.05) is 30.3 Å². The summed E-state index contributed by atoms with van der Waals surface area (Å²) >= 11 is 0. The van der Waals surface area contributed by atoms with E-state index in [1.54, 1.807) is 0 Å². The molecule has 1 aromatic rings. The van der Waals surface area contributed by atoms with Gasteiger partial charge in [0.05, 0.1) is 26.1 Å². The van der Waals surface area contributed by atoms with Crippen molar-refractivity contribution < 1.29 is 22.1 Å². The van der Waals surface area contributed by atoms with E-state index in [-0.39, 0.29) is 12.0 Å². The average molecular weight is 326 g/mol. The van der Waals surface area contributed by atoms with Gasteiger partial charge in [-0.15, -0.1) is 0 Å². The second kappa shape index (κ2) is 5.92. The monoisotopic (exact) mass is 326 g/mol. The van der Waals surface area contributed by atoms with Gasteiger partial charge >= 0.3 is 0 Å². The van der Waals surface area contributed by atoms with Crippen LogP contribution in [0.5, 0.6) is 0 Å². The molecule has 1 saturated carbocycles. The molecule has 1 spiro atoms. The van der Waals surface area contributed by atoms with Crippen LogP contribution in [0.3, 0.4) is 0 Å². The van der Waals surface area contributed by atoms with Gasteiger partial charge in [-0.3, -0.25) is 4.18 Å². The molecule has 1 heterocycles. The van der Waals surface area contributed by atoms with Crippen molar-refractivity contribution >= 4 is 10.1 Å². The zero-order valence-corrected chi connectivity index (χ0v) is 13.6. The smallest absolute Gasteiger partial charge is 0.264 e. The van der Waals surface area contributed by atoms with Gasteiger partial charge in [0.1, 0.15) is 0 Å². The highest BCUT2D eigenvalue weighted by molar-refractivity contribution is 7.85. The first-order valence-corrected chi connectivity index (χ1v) is 9.43. The van der Waals surface area contributed by atoms with Crippen LogP contribution < -0.4 is 0 Å². The summed E-state index contributed by atoms with van der Waals surface area (Å²) in [6.45, 7) is 1.45. The molecule has 0 aromatic heterocycles. The molecule has 0 bridgehead atoms. The topological polar surface area (TPSA) is 61.8 Å². The first-order valence-electron chi connectivity index (χ1n) is 7.61. The molecule has 6 heteroatoms. The Morgan fingerprint density at radius 2 is 1.64 bits per heavy atom. The molecule has 1 saturated heterocycles. The Labute approximate surface area is 131 Å². The molecule has 1 aliphatic carbocycles. The minimum Gasteiger partial charge on any atom is -0.348 e. The molecule has 0 unspecified atom stereocenters. The molecule has 1 aromatic carbocycles. The summed E-state index contributed by atoms with van der Waals surface area (Å²) < 4.78 is 39.6. The van der Waals surface area contributed by atoms with E-state index in [0.717, 1.165) is 37.5 Å². The van der Waals surface area contributed by atoms with Crippen molar-refractivity contribution in [3.8, 4) is 0 Å². The molecule has 2 aliphatic rings. The lowest BCUT2D eigenvalue weighted by Crippen LogP contribution is -2.44. The summed E-state index contributed by atoms with van der Waals surface area (Å²) in [5.74, 6) is -0.469. The van der Waals surface area contributed by atoms with Crippen molar-refractivity contribution in [1.29, 1.82) is 0 Å². The van der Waals surface area contributed by atoms with Crippen LogP contribution in [0, 0.1) is 0 Å². The van der Waals surface area contributed by atoms with Gasteiger partial charge < -0.3 is 9.47 Å². The third-order valence-electron chi connectivity index (χ3n) is 4.72. The van der Waals surface area contributed by atoms with Crippen molar-refractivity contribution in [2.24, 2.45) is 0 Å². The average Bonchev–Trinajstić information content (AvgIpc) is 2.96. The van der Waals surface area contributed by atoms with Gasteiger partial charge in [0.25, 0.3) is 10.1 Å². The van der Waals surface area contributed by atoms with E-state index in [0.29, 0.717) is 13.2 Å². The highest BCUT2D eigenvalue weighted by Gasteiger charge is 2.47. The number of rotatable bonds is 4. The van der Waals surface area contributed by atoms with Gasteiger partial charge in [-0.25, -0.2) is 0 Å². The van der Waals surface area contributed by atoms with Crippen LogP contribution in [0.1, 0.15) is 31.2 Å². The van der Waals surface area contributed by atoms with Crippen LogP contribution >= 0.6 is 0 Å². The van der Waals surface area contributed by atoms with Gasteiger partial charge in [0, 0.05) is 18.3 Å². The molecule has 0 N–H and O–H groups in total. The van der Waals surface area contributed by atoms with E-state index >= 15 is 0 Å². The van der Waals surface area contributed by atoms with E-state index in [4.69, 9.17) is 13.7 Å². The predicted octanol–water partition coefficient (Wildman–Crippen LogP) is 2.22. The fourth-order valence-corrected chi connectivity index (χ4v) is 3.86. The maximum atomic E-state index is 11.4. The first-order chi connectivity index (χ1) is 10.4. The molecule has 0 atom stereocenters. The van der Waals surface area contributed by atoms with Crippen molar-refractivity contribution in [1.82, 2.24) is 0 Å². The van der Waals surface area contributed by atoms with Gasteiger partial charge in [-0.2, -0.15) is 8.42 Å². The van der Waals surface area contributed by atoms with Crippen molar-refractivity contribution in [3.05, 3.63) is 35.9 Å². The van der Waals surface area contributed by atoms with Crippen molar-refractivity contribution in [2.75, 3.05) is 26.1 Å². The van der Waals surface area contributed by atoms with Crippen LogP contribution in [0.2, 0.25) is 0 Å². The van der Waals surface area contributed by atoms with Crippen LogP contribution in [0.25, 0.3) is 0 Å². The summed E-state index contributed by atoms with van der Waals surface area (Å²) in [6.07, 6.45) is 4.18. The van der Waals surface area contributed by atoms with E-state index in [2.05, 4.69) is 0 Å². The van der Waals surface area contributed by atoms with Gasteiger partial charge in [0.2, 0.25) is 0 Å². The molecule has 5 nitrogen and oxygen atoms in total. The van der Waals surface area contributed by atoms with Gasteiger partial charge in [-0.05, 0) is 18.4 Å². The van der Waals surface area contributed by atoms with Crippen molar-refractivity contribution in [3.63, 3.8) is 0 Å². The Balaban J connectivity index is 1.82. The third kappa shape index (κ3) is 3.35. The Morgan fingerprint density at radius 1 is 1.05 bits per heavy atom. The molecule has 122 valence electrons. The SMILES string of the molecule is CS(=O)(=O)OCC1(c2ccccc2)CCC2(CC1)OCCO2. The zero-order valence-electron chi connectivity index (χ0n) is 12.8. The van der Waals surface area contributed by atoms with Crippen LogP contribution in [-0.2, 0) is 29.2 Å². The molecule has 0 radical (unpaired) electrons. The summed E-state index contributed by atoms with van der Waals surface area (Å²) in [5.41, 5.74) is 0.816. The normalized spacial score (nSPS) is 23.7. The molecule has 2 fully saturated rings. The summed E-state index contributed by atoms with van der Waals surface area (Å²) in [5, 5.41) is 0. The lowest BCUT2D eigenvalue weighted by Gasteiger charge is -2.43. The van der Waals surface area contributed by atoms with E-state index in [1.165, 1.54) is 0 Å². The molecule has 3 rings (SSSR count). The Hall–Kier alpha value is -0.950. The fraction of sp³-hybridized carbons (Fsp3) is 0.625. The van der Waals surface area contributed by atoms with E-state index in [9.17, 15) is 8.42 Å². The number of benzene rings is 1. The van der Waals surface area contributed by atoms with E-state index < -0.39 is 15.9 Å². The van der Waals surface area contributed by atoms with Crippen LogP contribution in [0.15, 0.2) is 30.3 Å². The Bertz CT molecular complexity index is 595. The molecule has 1 aliphatic heterocycles.